The number of hydrogen-bond donors (Lipinski definition) is 0. The van der Waals surface area contributed by atoms with Gasteiger partial charge in [0.1, 0.15) is 11.2 Å². The van der Waals surface area contributed by atoms with Crippen molar-refractivity contribution in [3.8, 4) is 22.3 Å². The first kappa shape index (κ1) is 33.0. The summed E-state index contributed by atoms with van der Waals surface area (Å²) in [6.45, 7) is 0. The Hall–Kier alpha value is -7.20. The van der Waals surface area contributed by atoms with E-state index in [1.165, 1.54) is 59.2 Å². The minimum absolute atomic E-state index is 0.481. The summed E-state index contributed by atoms with van der Waals surface area (Å²) >= 11 is 1.86. The molecule has 0 spiro atoms. The second-order valence-electron chi connectivity index (χ2n) is 15.2. The number of nitrogens with zero attached hydrogens (tertiary/aromatic N) is 1. The second kappa shape index (κ2) is 12.9. The second-order valence-corrected chi connectivity index (χ2v) is 16.2. The summed E-state index contributed by atoms with van der Waals surface area (Å²) in [6, 6.07) is 77.1. The molecule has 1 aliphatic carbocycles. The van der Waals surface area contributed by atoms with E-state index >= 15 is 0 Å². The molecule has 3 heteroatoms. The number of fused-ring (bicyclic) bond motifs is 9. The Kier molecular flexibility index (Phi) is 7.35. The minimum atomic E-state index is -0.481. The Morgan fingerprint density at radius 1 is 0.414 bits per heavy atom. The number of hydrogen-bond acceptors (Lipinski definition) is 3. The van der Waals surface area contributed by atoms with Crippen LogP contribution < -0.4 is 4.90 Å². The normalized spacial score (nSPS) is 13.0. The SMILES string of the molecule is c1ccc(N(c2ccc(-c3cccc4c3oc3cc5c(cc34)-c3ccccc3C5(c3ccccc3)c3ccccc3)cc2)c2cccc3c2sc2ccccc23)cc1. The fourth-order valence-electron chi connectivity index (χ4n) is 9.66. The summed E-state index contributed by atoms with van der Waals surface area (Å²) < 4.78 is 9.59. The van der Waals surface area contributed by atoms with Crippen LogP contribution >= 0.6 is 11.3 Å². The number of benzene rings is 9. The van der Waals surface area contributed by atoms with Gasteiger partial charge in [0.25, 0.3) is 0 Å². The molecule has 2 nitrogen and oxygen atoms in total. The molecule has 0 amide bonds. The van der Waals surface area contributed by atoms with E-state index in [0.717, 1.165) is 44.4 Å². The van der Waals surface area contributed by atoms with Gasteiger partial charge in [-0.1, -0.05) is 164 Å². The average Bonchev–Trinajstić information content (AvgIpc) is 3.95. The largest absolute Gasteiger partial charge is 0.455 e. The third-order valence-corrected chi connectivity index (χ3v) is 13.4. The molecule has 0 N–H and O–H groups in total. The van der Waals surface area contributed by atoms with Crippen molar-refractivity contribution >= 4 is 70.5 Å². The lowest BCUT2D eigenvalue weighted by atomic mass is 9.67. The zero-order valence-corrected chi connectivity index (χ0v) is 32.3. The number of rotatable bonds is 6. The van der Waals surface area contributed by atoms with Crippen molar-refractivity contribution in [2.24, 2.45) is 0 Å². The van der Waals surface area contributed by atoms with Crippen LogP contribution in [0.15, 0.2) is 217 Å². The fourth-order valence-corrected chi connectivity index (χ4v) is 10.9. The van der Waals surface area contributed by atoms with Crippen molar-refractivity contribution in [3.63, 3.8) is 0 Å². The summed E-state index contributed by atoms with van der Waals surface area (Å²) in [5.41, 5.74) is 14.5. The Labute approximate surface area is 340 Å². The molecule has 58 heavy (non-hydrogen) atoms. The lowest BCUT2D eigenvalue weighted by Gasteiger charge is -2.33. The van der Waals surface area contributed by atoms with Crippen LogP contribution in [0, 0.1) is 0 Å². The van der Waals surface area contributed by atoms with E-state index in [4.69, 9.17) is 4.42 Å². The van der Waals surface area contributed by atoms with E-state index < -0.39 is 5.41 Å². The first-order chi connectivity index (χ1) is 28.8. The highest BCUT2D eigenvalue weighted by molar-refractivity contribution is 7.26. The van der Waals surface area contributed by atoms with Gasteiger partial charge < -0.3 is 9.32 Å². The first-order valence-electron chi connectivity index (χ1n) is 19.8. The van der Waals surface area contributed by atoms with Gasteiger partial charge in [0.05, 0.1) is 15.8 Å². The maximum Gasteiger partial charge on any atom is 0.143 e. The molecule has 0 saturated heterocycles. The monoisotopic (exact) mass is 757 g/mol. The fraction of sp³-hybridized carbons (Fsp3) is 0.0182. The molecule has 1 aliphatic rings. The van der Waals surface area contributed by atoms with Crippen LogP contribution in [0.2, 0.25) is 0 Å². The van der Waals surface area contributed by atoms with Crippen molar-refractivity contribution in [1.29, 1.82) is 0 Å². The summed E-state index contributed by atoms with van der Waals surface area (Å²) in [6.07, 6.45) is 0. The first-order valence-corrected chi connectivity index (χ1v) is 20.7. The molecule has 0 radical (unpaired) electrons. The smallest absolute Gasteiger partial charge is 0.143 e. The predicted molar refractivity (Wildman–Crippen MR) is 244 cm³/mol. The Bertz CT molecular complexity index is 3290. The van der Waals surface area contributed by atoms with E-state index in [-0.39, 0.29) is 0 Å². The molecule has 0 saturated carbocycles. The zero-order chi connectivity index (χ0) is 38.2. The van der Waals surface area contributed by atoms with Crippen molar-refractivity contribution in [1.82, 2.24) is 0 Å². The summed E-state index contributed by atoms with van der Waals surface area (Å²) in [4.78, 5) is 2.38. The van der Waals surface area contributed by atoms with Crippen LogP contribution in [-0.2, 0) is 5.41 Å². The lowest BCUT2D eigenvalue weighted by molar-refractivity contribution is 0.667. The molecule has 0 fully saturated rings. The highest BCUT2D eigenvalue weighted by atomic mass is 32.1. The topological polar surface area (TPSA) is 16.4 Å². The Morgan fingerprint density at radius 3 is 1.79 bits per heavy atom. The molecule has 0 bridgehead atoms. The molecule has 0 atom stereocenters. The van der Waals surface area contributed by atoms with Gasteiger partial charge in [0.2, 0.25) is 0 Å². The van der Waals surface area contributed by atoms with Gasteiger partial charge in [-0.25, -0.2) is 0 Å². The standard InChI is InChI=1S/C55H35NOS/c1-4-16-37(17-5-1)55(38-18-6-2-7-19-38)48-27-12-10-22-42(48)46-34-47-44-25-14-24-41(53(44)57-51(47)35-49(46)55)36-30-32-40(33-31-36)56(39-20-8-3-9-21-39)50-28-15-26-45-43-23-11-13-29-52(43)58-54(45)50/h1-35H. The van der Waals surface area contributed by atoms with Crippen LogP contribution in [0.3, 0.4) is 0 Å². The van der Waals surface area contributed by atoms with Gasteiger partial charge in [-0.2, -0.15) is 0 Å². The molecule has 0 aliphatic heterocycles. The van der Waals surface area contributed by atoms with Crippen molar-refractivity contribution in [2.45, 2.75) is 5.41 Å². The van der Waals surface area contributed by atoms with E-state index in [2.05, 4.69) is 217 Å². The Morgan fingerprint density at radius 2 is 1.02 bits per heavy atom. The molecular weight excluding hydrogens is 723 g/mol. The van der Waals surface area contributed by atoms with E-state index in [1.807, 2.05) is 11.3 Å². The van der Waals surface area contributed by atoms with Crippen LogP contribution in [0.25, 0.3) is 64.4 Å². The molecule has 9 aromatic carbocycles. The van der Waals surface area contributed by atoms with E-state index in [9.17, 15) is 0 Å². The van der Waals surface area contributed by atoms with E-state index in [0.29, 0.717) is 0 Å². The molecule has 2 heterocycles. The summed E-state index contributed by atoms with van der Waals surface area (Å²) in [7, 11) is 0. The quantitative estimate of drug-likeness (QED) is 0.168. The molecule has 12 rings (SSSR count). The lowest BCUT2D eigenvalue weighted by Crippen LogP contribution is -2.28. The van der Waals surface area contributed by atoms with Crippen molar-refractivity contribution in [3.05, 3.63) is 235 Å². The van der Waals surface area contributed by atoms with Crippen LogP contribution in [0.5, 0.6) is 0 Å². The summed E-state index contributed by atoms with van der Waals surface area (Å²) in [5.74, 6) is 0. The van der Waals surface area contributed by atoms with Crippen molar-refractivity contribution in [2.75, 3.05) is 4.90 Å². The minimum Gasteiger partial charge on any atom is -0.455 e. The predicted octanol–water partition coefficient (Wildman–Crippen LogP) is 15.5. The third-order valence-electron chi connectivity index (χ3n) is 12.2. The highest BCUT2D eigenvalue weighted by Gasteiger charge is 2.46. The molecular formula is C55H35NOS. The van der Waals surface area contributed by atoms with E-state index in [1.54, 1.807) is 0 Å². The zero-order valence-electron chi connectivity index (χ0n) is 31.5. The van der Waals surface area contributed by atoms with Gasteiger partial charge >= 0.3 is 0 Å². The number of furan rings is 1. The van der Waals surface area contributed by atoms with Crippen LogP contribution in [0.1, 0.15) is 22.3 Å². The molecule has 0 unspecified atom stereocenters. The molecule has 272 valence electrons. The number of thiophene rings is 1. The molecule has 2 aromatic heterocycles. The van der Waals surface area contributed by atoms with Gasteiger partial charge in [-0.15, -0.1) is 11.3 Å². The van der Waals surface area contributed by atoms with Gasteiger partial charge in [0, 0.05) is 43.2 Å². The van der Waals surface area contributed by atoms with Crippen LogP contribution in [0.4, 0.5) is 17.1 Å². The summed E-state index contributed by atoms with van der Waals surface area (Å²) in [5, 5.41) is 4.83. The van der Waals surface area contributed by atoms with Gasteiger partial charge in [0.15, 0.2) is 0 Å². The number of para-hydroxylation sites is 2. The van der Waals surface area contributed by atoms with Gasteiger partial charge in [-0.3, -0.25) is 0 Å². The van der Waals surface area contributed by atoms with Crippen LogP contribution in [-0.4, -0.2) is 0 Å². The maximum absolute atomic E-state index is 7.01. The third kappa shape index (κ3) is 4.78. The van der Waals surface area contributed by atoms with Crippen molar-refractivity contribution < 1.29 is 4.42 Å². The highest BCUT2D eigenvalue weighted by Crippen LogP contribution is 2.57. The van der Waals surface area contributed by atoms with Gasteiger partial charge in [-0.05, 0) is 87.5 Å². The number of anilines is 3. The maximum atomic E-state index is 7.01. The molecule has 11 aromatic rings. The average molecular weight is 758 g/mol. The Balaban J connectivity index is 1.02.